The van der Waals surface area contributed by atoms with Crippen molar-refractivity contribution in [1.29, 1.82) is 0 Å². The number of carbonyl (C=O) groups is 1. The predicted molar refractivity (Wildman–Crippen MR) is 133 cm³/mol. The molecular formula is C28H23F2N3O4. The van der Waals surface area contributed by atoms with Gasteiger partial charge in [0.2, 0.25) is 0 Å². The quantitative estimate of drug-likeness (QED) is 0.199. The topological polar surface area (TPSA) is 111 Å². The van der Waals surface area contributed by atoms with E-state index in [0.29, 0.717) is 28.2 Å². The molecule has 0 spiro atoms. The number of carboxylic acids is 1. The molecule has 1 unspecified atom stereocenters. The van der Waals surface area contributed by atoms with Gasteiger partial charge in [-0.2, -0.15) is 0 Å². The molecule has 5 rings (SSSR count). The van der Waals surface area contributed by atoms with Crippen LogP contribution in [0.3, 0.4) is 0 Å². The number of hydrogen-bond donors (Lipinski definition) is 4. The molecule has 188 valence electrons. The number of aromatic amines is 2. The second-order valence-corrected chi connectivity index (χ2v) is 8.83. The van der Waals surface area contributed by atoms with Gasteiger partial charge in [0.15, 0.2) is 17.4 Å². The molecule has 0 aliphatic rings. The Balaban J connectivity index is 1.38. The minimum absolute atomic E-state index is 0.0149. The van der Waals surface area contributed by atoms with Crippen molar-refractivity contribution in [2.24, 2.45) is 0 Å². The fourth-order valence-corrected chi connectivity index (χ4v) is 4.25. The van der Waals surface area contributed by atoms with E-state index in [1.807, 2.05) is 13.0 Å². The van der Waals surface area contributed by atoms with Crippen molar-refractivity contribution in [3.63, 3.8) is 0 Å². The van der Waals surface area contributed by atoms with E-state index in [4.69, 9.17) is 9.84 Å². The Kier molecular flexibility index (Phi) is 6.45. The van der Waals surface area contributed by atoms with Crippen molar-refractivity contribution in [1.82, 2.24) is 15.0 Å². The number of halogens is 2. The number of aliphatic carboxylic acids is 1. The van der Waals surface area contributed by atoms with Crippen molar-refractivity contribution < 1.29 is 28.5 Å². The summed E-state index contributed by atoms with van der Waals surface area (Å²) in [6, 6.07) is 16.4. The number of imidazole rings is 1. The molecule has 0 aliphatic carbocycles. The number of ether oxygens (including phenoxy) is 1. The molecule has 2 aromatic heterocycles. The average molecular weight is 504 g/mol. The summed E-state index contributed by atoms with van der Waals surface area (Å²) in [4.78, 5) is 21.2. The van der Waals surface area contributed by atoms with Crippen molar-refractivity contribution >= 4 is 16.9 Å². The van der Waals surface area contributed by atoms with E-state index in [9.17, 15) is 18.7 Å². The minimum atomic E-state index is -1.02. The van der Waals surface area contributed by atoms with Crippen LogP contribution in [-0.2, 0) is 4.79 Å². The summed E-state index contributed by atoms with van der Waals surface area (Å²) in [7, 11) is 0. The van der Waals surface area contributed by atoms with Crippen molar-refractivity contribution in [2.75, 3.05) is 0 Å². The Bertz CT molecular complexity index is 1590. The van der Waals surface area contributed by atoms with Crippen LogP contribution in [0.4, 0.5) is 8.78 Å². The number of hydrogen-bond acceptors (Lipinski definition) is 4. The Morgan fingerprint density at radius 3 is 2.68 bits per heavy atom. The molecule has 9 heteroatoms. The number of carboxylic acid groups (broad SMARTS) is 1. The molecule has 0 aliphatic heterocycles. The number of nitrogens with zero attached hydrogens (tertiary/aromatic N) is 1. The highest BCUT2D eigenvalue weighted by Gasteiger charge is 2.19. The van der Waals surface area contributed by atoms with E-state index < -0.39 is 29.5 Å². The lowest BCUT2D eigenvalue weighted by atomic mass is 9.94. The fourth-order valence-electron chi connectivity index (χ4n) is 4.25. The van der Waals surface area contributed by atoms with E-state index in [0.717, 1.165) is 5.56 Å². The molecular weight excluding hydrogens is 480 g/mol. The number of fused-ring (bicyclic) bond motifs is 1. The predicted octanol–water partition coefficient (Wildman–Crippen LogP) is 6.29. The normalized spacial score (nSPS) is 13.0. The van der Waals surface area contributed by atoms with Crippen LogP contribution in [0.1, 0.15) is 42.2 Å². The van der Waals surface area contributed by atoms with E-state index in [1.54, 1.807) is 42.5 Å². The second kappa shape index (κ2) is 9.87. The van der Waals surface area contributed by atoms with Gasteiger partial charge < -0.3 is 24.9 Å². The molecule has 0 radical (unpaired) electrons. The van der Waals surface area contributed by atoms with E-state index >= 15 is 0 Å². The number of nitrogens with one attached hydrogen (secondary N) is 2. The highest BCUT2D eigenvalue weighted by molar-refractivity contribution is 5.82. The van der Waals surface area contributed by atoms with E-state index in [2.05, 4.69) is 15.0 Å². The SMILES string of the molecule is CC(CC(=O)O)c1cccc([C@H](O)c2cnc(-c3cccc(Oc4c(F)cc5[nH]ccc5c4F)c3)[nH]2)c1. The van der Waals surface area contributed by atoms with Crippen LogP contribution < -0.4 is 4.74 Å². The number of aliphatic hydroxyl groups excluding tert-OH is 1. The van der Waals surface area contributed by atoms with Crippen LogP contribution in [0.25, 0.3) is 22.3 Å². The van der Waals surface area contributed by atoms with Gasteiger partial charge in [-0.1, -0.05) is 43.3 Å². The van der Waals surface area contributed by atoms with Gasteiger partial charge in [-0.3, -0.25) is 4.79 Å². The van der Waals surface area contributed by atoms with Crippen LogP contribution in [-0.4, -0.2) is 31.1 Å². The number of H-pyrrole nitrogens is 2. The Hall–Kier alpha value is -4.50. The summed E-state index contributed by atoms with van der Waals surface area (Å²) in [6.07, 6.45) is 1.99. The molecule has 7 nitrogen and oxygen atoms in total. The van der Waals surface area contributed by atoms with Gasteiger partial charge in [0.05, 0.1) is 23.8 Å². The highest BCUT2D eigenvalue weighted by atomic mass is 19.1. The molecule has 0 fully saturated rings. The molecule has 0 saturated heterocycles. The number of aliphatic hydroxyl groups is 1. The van der Waals surface area contributed by atoms with Crippen LogP contribution in [0.5, 0.6) is 11.5 Å². The van der Waals surface area contributed by atoms with E-state index in [-0.39, 0.29) is 23.5 Å². The largest absolute Gasteiger partial charge is 0.481 e. The molecule has 4 N–H and O–H groups in total. The summed E-state index contributed by atoms with van der Waals surface area (Å²) >= 11 is 0. The smallest absolute Gasteiger partial charge is 0.303 e. The third-order valence-corrected chi connectivity index (χ3v) is 6.20. The molecule has 37 heavy (non-hydrogen) atoms. The third-order valence-electron chi connectivity index (χ3n) is 6.20. The minimum Gasteiger partial charge on any atom is -0.481 e. The van der Waals surface area contributed by atoms with Gasteiger partial charge in [0, 0.05) is 23.2 Å². The van der Waals surface area contributed by atoms with Crippen molar-refractivity contribution in [3.8, 4) is 22.9 Å². The average Bonchev–Trinajstić information content (AvgIpc) is 3.56. The first-order valence-electron chi connectivity index (χ1n) is 11.6. The van der Waals surface area contributed by atoms with Gasteiger partial charge in [-0.25, -0.2) is 13.8 Å². The highest BCUT2D eigenvalue weighted by Crippen LogP contribution is 2.34. The molecule has 3 aromatic carbocycles. The van der Waals surface area contributed by atoms with Gasteiger partial charge in [-0.05, 0) is 35.2 Å². The van der Waals surface area contributed by atoms with Gasteiger partial charge in [0.1, 0.15) is 17.7 Å². The molecule has 5 aromatic rings. The van der Waals surface area contributed by atoms with Crippen LogP contribution in [0, 0.1) is 11.6 Å². The van der Waals surface area contributed by atoms with E-state index in [1.165, 1.54) is 24.5 Å². The van der Waals surface area contributed by atoms with Crippen LogP contribution >= 0.6 is 0 Å². The van der Waals surface area contributed by atoms with Crippen LogP contribution in [0.15, 0.2) is 73.1 Å². The summed E-state index contributed by atoms with van der Waals surface area (Å²) in [5.74, 6) is -2.60. The summed E-state index contributed by atoms with van der Waals surface area (Å²) < 4.78 is 34.9. The monoisotopic (exact) mass is 503 g/mol. The molecule has 0 amide bonds. The summed E-state index contributed by atoms with van der Waals surface area (Å²) in [5, 5.41) is 20.2. The standard InChI is InChI=1S/C28H23F2N3O4/c1-15(10-24(34)35)16-4-2-5-17(11-16)26(36)23-14-32-28(33-23)18-6-3-7-19(12-18)37-27-21(29)13-22-20(25(27)30)8-9-31-22/h2-9,11-15,26,31,36H,10H2,1H3,(H,32,33)(H,34,35)/t15?,26-/m0/s1. The number of benzene rings is 3. The second-order valence-electron chi connectivity index (χ2n) is 8.83. The zero-order valence-corrected chi connectivity index (χ0v) is 19.7. The van der Waals surface area contributed by atoms with Gasteiger partial charge in [0.25, 0.3) is 0 Å². The first-order valence-corrected chi connectivity index (χ1v) is 11.6. The molecule has 0 saturated carbocycles. The third kappa shape index (κ3) is 4.94. The first-order chi connectivity index (χ1) is 17.8. The number of rotatable bonds is 8. The Labute approximate surface area is 210 Å². The maximum absolute atomic E-state index is 14.8. The van der Waals surface area contributed by atoms with Crippen molar-refractivity contribution in [3.05, 3.63) is 102 Å². The van der Waals surface area contributed by atoms with Crippen LogP contribution in [0.2, 0.25) is 0 Å². The van der Waals surface area contributed by atoms with Gasteiger partial charge >= 0.3 is 5.97 Å². The van der Waals surface area contributed by atoms with Crippen molar-refractivity contribution in [2.45, 2.75) is 25.4 Å². The lowest BCUT2D eigenvalue weighted by Crippen LogP contribution is -2.05. The summed E-state index contributed by atoms with van der Waals surface area (Å²) in [6.45, 7) is 1.82. The number of aromatic nitrogens is 3. The molecule has 0 bridgehead atoms. The molecule has 2 atom stereocenters. The molecule has 2 heterocycles. The lowest BCUT2D eigenvalue weighted by Gasteiger charge is -2.14. The maximum Gasteiger partial charge on any atom is 0.303 e. The van der Waals surface area contributed by atoms with Gasteiger partial charge in [-0.15, -0.1) is 0 Å². The maximum atomic E-state index is 14.8. The summed E-state index contributed by atoms with van der Waals surface area (Å²) in [5.41, 5.74) is 2.75. The Morgan fingerprint density at radius 2 is 1.86 bits per heavy atom. The zero-order chi connectivity index (χ0) is 26.1. The lowest BCUT2D eigenvalue weighted by molar-refractivity contribution is -0.137. The fraction of sp³-hybridized carbons (Fsp3) is 0.143. The first kappa shape index (κ1) is 24.2. The Morgan fingerprint density at radius 1 is 1.08 bits per heavy atom. The zero-order valence-electron chi connectivity index (χ0n) is 19.7.